The van der Waals surface area contributed by atoms with Crippen LogP contribution in [0, 0.1) is 5.92 Å². The van der Waals surface area contributed by atoms with E-state index in [4.69, 9.17) is 23.6 Å². The standard InChI is InChI=1S/C41H65N3O7SSi3/c1-41(2,3)55(10,11)51-26-30-24-34-37(35(25-30)50-28-49-20-22-54(7,8)9)42-36(40(47)43(34)27-48-19-21-53(4,5)6)32-13-12-14-33-38(32)52-44(39(33)46)18-17-29-15-16-31(45)23-29/h12-14,24-25,29,31,45H,15-23,26-28H2,1-11H3/t29-,31+/m0/s1. The highest BCUT2D eigenvalue weighted by atomic mass is 32.1. The molecule has 1 N–H and O–H groups in total. The molecule has 0 bridgehead atoms. The Hall–Kier alpha value is -2.44. The number of hydrogen-bond donors (Lipinski definition) is 1. The van der Waals surface area contributed by atoms with Gasteiger partial charge in [-0.25, -0.2) is 4.98 Å². The SMILES string of the molecule is CC(C)(C)[Si](C)(C)OCc1cc(OCOCC[Si](C)(C)C)c2nc(-c3cccc4c(=O)n(CC[C@@H]5CC[C@@H](O)C5)sc34)c(=O)n(COCC[Si](C)(C)C)c2c1. The van der Waals surface area contributed by atoms with Crippen LogP contribution in [0.3, 0.4) is 0 Å². The number of nitrogens with zero attached hydrogens (tertiary/aromatic N) is 3. The van der Waals surface area contributed by atoms with Gasteiger partial charge in [0.2, 0.25) is 0 Å². The van der Waals surface area contributed by atoms with Gasteiger partial charge in [0, 0.05) is 41.5 Å². The molecule has 0 spiro atoms. The zero-order chi connectivity index (χ0) is 40.3. The van der Waals surface area contributed by atoms with Crippen molar-refractivity contribution in [1.82, 2.24) is 13.5 Å². The summed E-state index contributed by atoms with van der Waals surface area (Å²) >= 11 is 1.38. The molecule has 2 aromatic carbocycles. The smallest absolute Gasteiger partial charge is 0.279 e. The Morgan fingerprint density at radius 1 is 0.927 bits per heavy atom. The molecule has 2 atom stereocenters. The van der Waals surface area contributed by atoms with Crippen molar-refractivity contribution in [2.24, 2.45) is 5.92 Å². The van der Waals surface area contributed by atoms with E-state index in [2.05, 4.69) is 73.1 Å². The fourth-order valence-corrected chi connectivity index (χ4v) is 10.0. The third-order valence-corrected chi connectivity index (χ3v) is 20.3. The third-order valence-electron chi connectivity index (χ3n) is 11.2. The number of aromatic nitrogens is 3. The topological polar surface area (TPSA) is 114 Å². The molecule has 0 amide bonds. The van der Waals surface area contributed by atoms with Crippen LogP contribution < -0.4 is 15.9 Å². The van der Waals surface area contributed by atoms with Gasteiger partial charge in [-0.2, -0.15) is 0 Å². The molecule has 14 heteroatoms. The molecule has 5 rings (SSSR count). The molecule has 0 radical (unpaired) electrons. The third kappa shape index (κ3) is 11.4. The number of aliphatic hydroxyl groups is 1. The maximum absolute atomic E-state index is 14.7. The van der Waals surface area contributed by atoms with Crippen molar-refractivity contribution in [3.8, 4) is 17.0 Å². The minimum atomic E-state index is -2.10. The van der Waals surface area contributed by atoms with Gasteiger partial charge in [-0.3, -0.25) is 18.1 Å². The number of hydrogen-bond acceptors (Lipinski definition) is 9. The number of benzene rings is 2. The Balaban J connectivity index is 1.62. The lowest BCUT2D eigenvalue weighted by Gasteiger charge is -2.36. The van der Waals surface area contributed by atoms with E-state index in [1.807, 2.05) is 30.3 Å². The number of ether oxygens (including phenoxy) is 3. The minimum Gasteiger partial charge on any atom is -0.465 e. The largest absolute Gasteiger partial charge is 0.465 e. The highest BCUT2D eigenvalue weighted by molar-refractivity contribution is 7.14. The van der Waals surface area contributed by atoms with Gasteiger partial charge in [-0.05, 0) is 85.6 Å². The van der Waals surface area contributed by atoms with Crippen LogP contribution in [0.1, 0.15) is 52.0 Å². The first kappa shape index (κ1) is 43.7. The Labute approximate surface area is 334 Å². The lowest BCUT2D eigenvalue weighted by atomic mass is 10.0. The molecule has 1 aliphatic rings. The molecule has 0 saturated heterocycles. The fraction of sp³-hybridized carbons (Fsp3) is 0.634. The number of rotatable bonds is 18. The summed E-state index contributed by atoms with van der Waals surface area (Å²) in [5.41, 5.74) is 2.51. The zero-order valence-electron chi connectivity index (χ0n) is 35.2. The van der Waals surface area contributed by atoms with Crippen molar-refractivity contribution >= 4 is 57.1 Å². The Kier molecular flexibility index (Phi) is 14.0. The van der Waals surface area contributed by atoms with E-state index in [9.17, 15) is 14.7 Å². The van der Waals surface area contributed by atoms with E-state index in [1.165, 1.54) is 11.5 Å². The van der Waals surface area contributed by atoms with Crippen LogP contribution in [-0.2, 0) is 33.8 Å². The Morgan fingerprint density at radius 3 is 2.25 bits per heavy atom. The summed E-state index contributed by atoms with van der Waals surface area (Å²) in [5.74, 6) is 0.908. The Morgan fingerprint density at radius 2 is 1.62 bits per heavy atom. The summed E-state index contributed by atoms with van der Waals surface area (Å²) in [6.45, 7) is 27.2. The molecule has 2 heterocycles. The van der Waals surface area contributed by atoms with Crippen LogP contribution in [0.5, 0.6) is 5.75 Å². The maximum atomic E-state index is 14.7. The minimum absolute atomic E-state index is 0.0278. The number of aliphatic hydroxyl groups excluding tert-OH is 1. The summed E-state index contributed by atoms with van der Waals surface area (Å²) in [7, 11) is -4.78. The molecule has 1 fully saturated rings. The summed E-state index contributed by atoms with van der Waals surface area (Å²) in [6, 6.07) is 11.5. The number of aryl methyl sites for hydroxylation is 1. The highest BCUT2D eigenvalue weighted by Gasteiger charge is 2.37. The van der Waals surface area contributed by atoms with Crippen LogP contribution >= 0.6 is 11.5 Å². The van der Waals surface area contributed by atoms with Gasteiger partial charge in [0.05, 0.1) is 28.3 Å². The van der Waals surface area contributed by atoms with Crippen LogP contribution in [0.15, 0.2) is 39.9 Å². The van der Waals surface area contributed by atoms with E-state index in [0.29, 0.717) is 60.0 Å². The van der Waals surface area contributed by atoms with Crippen LogP contribution in [0.2, 0.25) is 69.5 Å². The van der Waals surface area contributed by atoms with Crippen molar-refractivity contribution in [2.75, 3.05) is 20.0 Å². The van der Waals surface area contributed by atoms with Crippen molar-refractivity contribution in [3.63, 3.8) is 0 Å². The van der Waals surface area contributed by atoms with Crippen LogP contribution in [0.25, 0.3) is 32.4 Å². The van der Waals surface area contributed by atoms with E-state index < -0.39 is 24.5 Å². The quantitative estimate of drug-likeness (QED) is 0.0600. The zero-order valence-corrected chi connectivity index (χ0v) is 39.0. The van der Waals surface area contributed by atoms with Crippen molar-refractivity contribution < 1.29 is 23.7 Å². The molecule has 55 heavy (non-hydrogen) atoms. The lowest BCUT2D eigenvalue weighted by Crippen LogP contribution is -2.40. The molecule has 0 aliphatic heterocycles. The van der Waals surface area contributed by atoms with Crippen LogP contribution in [0.4, 0.5) is 0 Å². The molecule has 0 unspecified atom stereocenters. The average Bonchev–Trinajstić information content (AvgIpc) is 3.65. The van der Waals surface area contributed by atoms with Gasteiger partial charge in [0.15, 0.2) is 20.9 Å². The van der Waals surface area contributed by atoms with E-state index in [-0.39, 0.29) is 41.5 Å². The summed E-state index contributed by atoms with van der Waals surface area (Å²) < 4.78 is 29.5. The first-order valence-corrected chi connectivity index (χ1v) is 31.0. The second kappa shape index (κ2) is 17.6. The van der Waals surface area contributed by atoms with E-state index in [0.717, 1.165) is 48.0 Å². The van der Waals surface area contributed by atoms with Crippen LogP contribution in [-0.4, -0.2) is 69.2 Å². The second-order valence-corrected chi connectivity index (χ2v) is 36.4. The summed E-state index contributed by atoms with van der Waals surface area (Å²) in [4.78, 5) is 33.5. The van der Waals surface area contributed by atoms with E-state index in [1.54, 1.807) is 8.52 Å². The maximum Gasteiger partial charge on any atom is 0.279 e. The first-order chi connectivity index (χ1) is 25.6. The predicted octanol–water partition coefficient (Wildman–Crippen LogP) is 9.52. The summed E-state index contributed by atoms with van der Waals surface area (Å²) in [5, 5.41) is 10.6. The normalized spacial score (nSPS) is 17.2. The molecular formula is C41H65N3O7SSi3. The highest BCUT2D eigenvalue weighted by Crippen LogP contribution is 2.38. The first-order valence-electron chi connectivity index (χ1n) is 19.9. The monoisotopic (exact) mass is 827 g/mol. The Bertz CT molecular complexity index is 2060. The van der Waals surface area contributed by atoms with E-state index >= 15 is 0 Å². The molecular weight excluding hydrogens is 763 g/mol. The number of fused-ring (bicyclic) bond motifs is 2. The average molecular weight is 828 g/mol. The molecule has 1 aliphatic carbocycles. The molecule has 10 nitrogen and oxygen atoms in total. The van der Waals surface area contributed by atoms with Gasteiger partial charge >= 0.3 is 0 Å². The molecule has 2 aromatic heterocycles. The molecule has 304 valence electrons. The van der Waals surface area contributed by atoms with Gasteiger partial charge in [0.25, 0.3) is 11.1 Å². The van der Waals surface area contributed by atoms with Crippen molar-refractivity contribution in [3.05, 3.63) is 56.6 Å². The lowest BCUT2D eigenvalue weighted by molar-refractivity contribution is 0.0227. The van der Waals surface area contributed by atoms with Gasteiger partial charge < -0.3 is 23.7 Å². The van der Waals surface area contributed by atoms with Crippen molar-refractivity contribution in [1.29, 1.82) is 0 Å². The van der Waals surface area contributed by atoms with Gasteiger partial charge in [0.1, 0.15) is 17.9 Å². The molecule has 4 aromatic rings. The van der Waals surface area contributed by atoms with Gasteiger partial charge in [-0.1, -0.05) is 83.7 Å². The summed E-state index contributed by atoms with van der Waals surface area (Å²) in [6.07, 6.45) is 3.16. The fourth-order valence-electron chi connectivity index (χ4n) is 6.45. The van der Waals surface area contributed by atoms with Crippen molar-refractivity contribution in [2.45, 2.75) is 142 Å². The predicted molar refractivity (Wildman–Crippen MR) is 235 cm³/mol. The van der Waals surface area contributed by atoms with Gasteiger partial charge in [-0.15, -0.1) is 0 Å². The molecule has 1 saturated carbocycles. The second-order valence-electron chi connectivity index (χ2n) is 19.3.